The van der Waals surface area contributed by atoms with Crippen LogP contribution in [-0.4, -0.2) is 96.7 Å². The van der Waals surface area contributed by atoms with Crippen LogP contribution in [0.25, 0.3) is 0 Å². The largest absolute Gasteiger partial charge is 0.472 e. The van der Waals surface area contributed by atoms with Crippen LogP contribution in [0.3, 0.4) is 0 Å². The van der Waals surface area contributed by atoms with Crippen molar-refractivity contribution in [2.45, 2.75) is 414 Å². The van der Waals surface area contributed by atoms with Gasteiger partial charge < -0.3 is 33.8 Å². The highest BCUT2D eigenvalue weighted by Gasteiger charge is 2.30. The van der Waals surface area contributed by atoms with Gasteiger partial charge in [0.1, 0.15) is 19.3 Å². The van der Waals surface area contributed by atoms with Crippen molar-refractivity contribution in [1.29, 1.82) is 0 Å². The first kappa shape index (κ1) is 94.1. The summed E-state index contributed by atoms with van der Waals surface area (Å²) < 4.78 is 68.6. The van der Waals surface area contributed by atoms with Gasteiger partial charge >= 0.3 is 39.5 Å². The summed E-state index contributed by atoms with van der Waals surface area (Å²) in [5.74, 6) is 0.241. The van der Waals surface area contributed by atoms with Crippen molar-refractivity contribution in [2.24, 2.45) is 17.8 Å². The Bertz CT molecular complexity index is 1870. The van der Waals surface area contributed by atoms with Gasteiger partial charge in [-0.15, -0.1) is 0 Å². The smallest absolute Gasteiger partial charge is 0.462 e. The molecule has 0 spiro atoms. The number of aliphatic hydroxyl groups is 1. The zero-order chi connectivity index (χ0) is 70.9. The van der Waals surface area contributed by atoms with Gasteiger partial charge in [-0.05, 0) is 43.4 Å². The van der Waals surface area contributed by atoms with E-state index in [4.69, 9.17) is 37.0 Å². The molecular weight excluding hydrogens is 1260 g/mol. The second kappa shape index (κ2) is 67.5. The van der Waals surface area contributed by atoms with Gasteiger partial charge in [-0.25, -0.2) is 9.13 Å². The van der Waals surface area contributed by atoms with Crippen LogP contribution in [0.1, 0.15) is 395 Å². The van der Waals surface area contributed by atoms with E-state index in [2.05, 4.69) is 48.5 Å². The predicted octanol–water partition coefficient (Wildman–Crippen LogP) is 22.6. The van der Waals surface area contributed by atoms with E-state index >= 15 is 0 Å². The van der Waals surface area contributed by atoms with E-state index in [0.717, 1.165) is 108 Å². The van der Waals surface area contributed by atoms with E-state index in [1.807, 2.05) is 0 Å². The molecule has 0 aliphatic carbocycles. The molecule has 0 aromatic carbocycles. The van der Waals surface area contributed by atoms with Crippen molar-refractivity contribution in [3.05, 3.63) is 0 Å². The second-order valence-electron chi connectivity index (χ2n) is 28.9. The van der Waals surface area contributed by atoms with Gasteiger partial charge in [0.15, 0.2) is 12.2 Å². The molecule has 0 aromatic rings. The van der Waals surface area contributed by atoms with Crippen LogP contribution in [0.15, 0.2) is 0 Å². The fourth-order valence-electron chi connectivity index (χ4n) is 11.7. The molecule has 0 fully saturated rings. The molecule has 0 aliphatic rings. The molecule has 0 heterocycles. The van der Waals surface area contributed by atoms with Crippen molar-refractivity contribution in [1.82, 2.24) is 0 Å². The van der Waals surface area contributed by atoms with E-state index in [1.54, 1.807) is 0 Å². The number of esters is 4. The number of hydrogen-bond acceptors (Lipinski definition) is 15. The number of ether oxygens (including phenoxy) is 4. The van der Waals surface area contributed by atoms with Crippen LogP contribution in [-0.2, 0) is 65.4 Å². The standard InChI is InChI=1S/C77H150O17P2/c1-8-10-11-12-13-14-15-21-30-37-44-51-58-74(79)87-64-73(94-77(82)61-54-47-40-33-26-24-28-35-42-49-56-69(5)6)67-92-96(85,86)90-63-71(78)62-89-95(83,84)91-66-72(65-88-75(80)59-52-45-38-31-25-23-27-34-41-48-55-68(3)4)93-76(81)60-53-46-39-32-22-19-17-16-18-20-29-36-43-50-57-70(7)9-2/h68-73,78H,8-67H2,1-7H3,(H,83,84)(H,85,86)/t70?,71-,72-,73-/m1/s1. The van der Waals surface area contributed by atoms with E-state index in [1.165, 1.54) is 205 Å². The maximum absolute atomic E-state index is 13.1. The maximum atomic E-state index is 13.1. The van der Waals surface area contributed by atoms with Crippen LogP contribution in [0.4, 0.5) is 0 Å². The first-order valence-corrected chi connectivity index (χ1v) is 42.9. The Morgan fingerprint density at radius 2 is 0.531 bits per heavy atom. The average molecular weight is 1410 g/mol. The van der Waals surface area contributed by atoms with Gasteiger partial charge in [-0.1, -0.05) is 344 Å². The Balaban J connectivity index is 5.26. The molecule has 0 aliphatic heterocycles. The van der Waals surface area contributed by atoms with E-state index in [0.29, 0.717) is 25.7 Å². The molecule has 0 rings (SSSR count). The third-order valence-electron chi connectivity index (χ3n) is 18.2. The number of hydrogen-bond donors (Lipinski definition) is 3. The molecule has 0 radical (unpaired) electrons. The summed E-state index contributed by atoms with van der Waals surface area (Å²) in [6, 6.07) is 0. The molecule has 0 aromatic heterocycles. The minimum absolute atomic E-state index is 0.106. The van der Waals surface area contributed by atoms with Crippen molar-refractivity contribution >= 4 is 39.5 Å². The van der Waals surface area contributed by atoms with Crippen LogP contribution in [0.5, 0.6) is 0 Å². The Morgan fingerprint density at radius 1 is 0.302 bits per heavy atom. The highest BCUT2D eigenvalue weighted by atomic mass is 31.2. The lowest BCUT2D eigenvalue weighted by Crippen LogP contribution is -2.30. The summed E-state index contributed by atoms with van der Waals surface area (Å²) in [5, 5.41) is 10.6. The van der Waals surface area contributed by atoms with Crippen LogP contribution >= 0.6 is 15.6 Å². The van der Waals surface area contributed by atoms with Gasteiger partial charge in [-0.2, -0.15) is 0 Å². The third kappa shape index (κ3) is 69.2. The van der Waals surface area contributed by atoms with Gasteiger partial charge in [0.25, 0.3) is 0 Å². The SMILES string of the molecule is CCCCCCCCCCCCCCC(=O)OC[C@H](COP(=O)(O)OC[C@H](O)COP(=O)(O)OC[C@@H](COC(=O)CCCCCCCCCCCCC(C)C)OC(=O)CCCCCCCCCCCCCCCCC(C)CC)OC(=O)CCCCCCCCCCCCC(C)C. The fraction of sp³-hybridized carbons (Fsp3) is 0.948. The Hall–Kier alpha value is -1.94. The minimum Gasteiger partial charge on any atom is -0.462 e. The van der Waals surface area contributed by atoms with E-state index < -0.39 is 97.5 Å². The molecule has 17 nitrogen and oxygen atoms in total. The highest BCUT2D eigenvalue weighted by molar-refractivity contribution is 7.47. The zero-order valence-electron chi connectivity index (χ0n) is 62.8. The lowest BCUT2D eigenvalue weighted by molar-refractivity contribution is -0.161. The number of phosphoric ester groups is 2. The Labute approximate surface area is 588 Å². The lowest BCUT2D eigenvalue weighted by Gasteiger charge is -2.21. The van der Waals surface area contributed by atoms with Gasteiger partial charge in [-0.3, -0.25) is 37.3 Å². The molecule has 3 unspecified atom stereocenters. The van der Waals surface area contributed by atoms with Crippen LogP contribution in [0.2, 0.25) is 0 Å². The number of aliphatic hydroxyl groups excluding tert-OH is 1. The molecule has 0 saturated heterocycles. The fourth-order valence-corrected chi connectivity index (χ4v) is 13.3. The van der Waals surface area contributed by atoms with Crippen molar-refractivity contribution in [3.8, 4) is 0 Å². The van der Waals surface area contributed by atoms with Crippen molar-refractivity contribution < 1.29 is 80.2 Å². The monoisotopic (exact) mass is 1410 g/mol. The lowest BCUT2D eigenvalue weighted by atomic mass is 9.99. The summed E-state index contributed by atoms with van der Waals surface area (Å²) in [6.45, 7) is 11.9. The summed E-state index contributed by atoms with van der Waals surface area (Å²) in [6.07, 6.45) is 53.9. The minimum atomic E-state index is -4.96. The van der Waals surface area contributed by atoms with E-state index in [-0.39, 0.29) is 25.7 Å². The number of carbonyl (C=O) groups is 4. The number of unbranched alkanes of at least 4 members (excludes halogenated alkanes) is 42. The third-order valence-corrected chi connectivity index (χ3v) is 20.1. The summed E-state index contributed by atoms with van der Waals surface area (Å²) in [5.41, 5.74) is 0. The highest BCUT2D eigenvalue weighted by Crippen LogP contribution is 2.45. The summed E-state index contributed by atoms with van der Waals surface area (Å²) in [4.78, 5) is 72.9. The molecule has 96 heavy (non-hydrogen) atoms. The maximum Gasteiger partial charge on any atom is 0.472 e. The Morgan fingerprint density at radius 3 is 0.792 bits per heavy atom. The molecule has 0 bridgehead atoms. The predicted molar refractivity (Wildman–Crippen MR) is 391 cm³/mol. The normalized spacial score (nSPS) is 14.3. The zero-order valence-corrected chi connectivity index (χ0v) is 64.6. The number of phosphoric acid groups is 2. The Kier molecular flexibility index (Phi) is 66.2. The first-order valence-electron chi connectivity index (χ1n) is 39.9. The number of carbonyl (C=O) groups excluding carboxylic acids is 4. The molecule has 3 N–H and O–H groups in total. The summed E-state index contributed by atoms with van der Waals surface area (Å²) >= 11 is 0. The van der Waals surface area contributed by atoms with Crippen LogP contribution in [0, 0.1) is 17.8 Å². The molecule has 0 saturated carbocycles. The van der Waals surface area contributed by atoms with Gasteiger partial charge in [0.2, 0.25) is 0 Å². The van der Waals surface area contributed by atoms with Crippen LogP contribution < -0.4 is 0 Å². The average Bonchev–Trinajstić information content (AvgIpc) is 1.20. The van der Waals surface area contributed by atoms with Crippen molar-refractivity contribution in [2.75, 3.05) is 39.6 Å². The molecular formula is C77H150O17P2. The quantitative estimate of drug-likeness (QED) is 0.0222. The first-order chi connectivity index (χ1) is 46.3. The summed E-state index contributed by atoms with van der Waals surface area (Å²) in [7, 11) is -9.91. The second-order valence-corrected chi connectivity index (χ2v) is 31.8. The molecule has 6 atom stereocenters. The van der Waals surface area contributed by atoms with Crippen molar-refractivity contribution in [3.63, 3.8) is 0 Å². The topological polar surface area (TPSA) is 237 Å². The number of rotatable bonds is 75. The van der Waals surface area contributed by atoms with E-state index in [9.17, 15) is 43.2 Å². The molecule has 570 valence electrons. The molecule has 0 amide bonds. The van der Waals surface area contributed by atoms with Gasteiger partial charge in [0.05, 0.1) is 26.4 Å². The molecule has 19 heteroatoms. The van der Waals surface area contributed by atoms with Gasteiger partial charge in [0, 0.05) is 25.7 Å².